The maximum absolute atomic E-state index is 3.77. The normalized spacial score (nSPS) is 11.7. The van der Waals surface area contributed by atoms with Crippen LogP contribution in [0.4, 0.5) is 0 Å². The van der Waals surface area contributed by atoms with Gasteiger partial charge in [0, 0.05) is 8.95 Å². The number of aryl methyl sites for hydroxylation is 2. The molecular formula is C56H56Br2. The third-order valence-electron chi connectivity index (χ3n) is 12.3. The molecule has 0 aromatic heterocycles. The van der Waals surface area contributed by atoms with Crippen molar-refractivity contribution in [2.45, 2.75) is 104 Å². The molecule has 8 rings (SSSR count). The molecule has 0 heterocycles. The minimum absolute atomic E-state index is 1.09. The molecule has 294 valence electrons. The van der Waals surface area contributed by atoms with Gasteiger partial charge in [0.2, 0.25) is 0 Å². The highest BCUT2D eigenvalue weighted by Crippen LogP contribution is 2.60. The van der Waals surface area contributed by atoms with Crippen molar-refractivity contribution < 1.29 is 0 Å². The summed E-state index contributed by atoms with van der Waals surface area (Å²) >= 11 is 7.54. The van der Waals surface area contributed by atoms with Gasteiger partial charge in [0.05, 0.1) is 0 Å². The fourth-order valence-electron chi connectivity index (χ4n) is 9.33. The molecule has 0 unspecified atom stereocenters. The molecule has 58 heavy (non-hydrogen) atoms. The predicted molar refractivity (Wildman–Crippen MR) is 260 cm³/mol. The zero-order chi connectivity index (χ0) is 39.8. The van der Waals surface area contributed by atoms with Crippen LogP contribution in [0, 0.1) is 0 Å². The Bertz CT molecular complexity index is 2280. The number of hydrogen-bond acceptors (Lipinski definition) is 0. The third kappa shape index (κ3) is 8.71. The SMILES string of the molecule is CCCCCCCCc1ccc(-c2c(-c3ccc(CCCCCCCC)cc3)c(-c3ccc(Br)cc3)c3c(c2-c2ccc(Br)cc2)-c2cccc4cccc-3c24)cc1. The average molecular weight is 889 g/mol. The van der Waals surface area contributed by atoms with E-state index in [1.807, 2.05) is 0 Å². The van der Waals surface area contributed by atoms with E-state index in [1.165, 1.54) is 166 Å². The van der Waals surface area contributed by atoms with E-state index in [2.05, 4.69) is 179 Å². The second kappa shape index (κ2) is 19.2. The fraction of sp³-hybridized carbons (Fsp3) is 0.286. The molecule has 0 nitrogen and oxygen atoms in total. The Morgan fingerprint density at radius 1 is 0.328 bits per heavy atom. The van der Waals surface area contributed by atoms with Gasteiger partial charge in [-0.2, -0.15) is 0 Å². The van der Waals surface area contributed by atoms with Crippen molar-refractivity contribution in [2.75, 3.05) is 0 Å². The Morgan fingerprint density at radius 2 is 0.655 bits per heavy atom. The lowest BCUT2D eigenvalue weighted by atomic mass is 9.76. The average Bonchev–Trinajstić information content (AvgIpc) is 3.59. The van der Waals surface area contributed by atoms with Crippen molar-refractivity contribution in [1.82, 2.24) is 0 Å². The molecular weight excluding hydrogens is 832 g/mol. The van der Waals surface area contributed by atoms with E-state index in [4.69, 9.17) is 0 Å². The lowest BCUT2D eigenvalue weighted by Gasteiger charge is -2.26. The first-order chi connectivity index (χ1) is 28.6. The minimum Gasteiger partial charge on any atom is -0.0654 e. The molecule has 7 aromatic carbocycles. The van der Waals surface area contributed by atoms with Crippen molar-refractivity contribution in [2.24, 2.45) is 0 Å². The number of unbranched alkanes of at least 4 members (excludes halogenated alkanes) is 10. The molecule has 0 aliphatic heterocycles. The van der Waals surface area contributed by atoms with Crippen molar-refractivity contribution >= 4 is 42.6 Å². The van der Waals surface area contributed by atoms with Crippen LogP contribution in [0.25, 0.3) is 77.5 Å². The number of halogens is 2. The predicted octanol–water partition coefficient (Wildman–Crippen LogP) is 18.5. The smallest absolute Gasteiger partial charge is 0.0175 e. The second-order valence-corrected chi connectivity index (χ2v) is 18.2. The Kier molecular flexibility index (Phi) is 13.4. The lowest BCUT2D eigenvalue weighted by Crippen LogP contribution is -2.00. The Balaban J connectivity index is 1.36. The zero-order valence-electron chi connectivity index (χ0n) is 34.4. The molecule has 7 aromatic rings. The molecule has 2 heteroatoms. The first-order valence-corrected chi connectivity index (χ1v) is 23.6. The van der Waals surface area contributed by atoms with Crippen LogP contribution in [0.5, 0.6) is 0 Å². The van der Waals surface area contributed by atoms with E-state index in [1.54, 1.807) is 0 Å². The molecule has 1 aliphatic rings. The van der Waals surface area contributed by atoms with Crippen LogP contribution in [0.2, 0.25) is 0 Å². The number of rotatable bonds is 18. The lowest BCUT2D eigenvalue weighted by molar-refractivity contribution is 0.607. The van der Waals surface area contributed by atoms with Crippen LogP contribution in [-0.2, 0) is 12.8 Å². The van der Waals surface area contributed by atoms with Crippen LogP contribution < -0.4 is 0 Å². The van der Waals surface area contributed by atoms with Gasteiger partial charge in [-0.3, -0.25) is 0 Å². The van der Waals surface area contributed by atoms with Gasteiger partial charge < -0.3 is 0 Å². The second-order valence-electron chi connectivity index (χ2n) is 16.4. The summed E-state index contributed by atoms with van der Waals surface area (Å²) in [6.45, 7) is 4.59. The number of hydrogen-bond donors (Lipinski definition) is 0. The van der Waals surface area contributed by atoms with Crippen LogP contribution in [-0.4, -0.2) is 0 Å². The first kappa shape index (κ1) is 40.5. The van der Waals surface area contributed by atoms with E-state index < -0.39 is 0 Å². The maximum atomic E-state index is 3.77. The van der Waals surface area contributed by atoms with Crippen molar-refractivity contribution in [3.8, 4) is 66.8 Å². The highest BCUT2D eigenvalue weighted by atomic mass is 79.9. The quantitative estimate of drug-likeness (QED) is 0.0753. The van der Waals surface area contributed by atoms with Gasteiger partial charge in [-0.15, -0.1) is 0 Å². The summed E-state index contributed by atoms with van der Waals surface area (Å²) in [4.78, 5) is 0. The standard InChI is InChI=1S/C56H56Br2/c1-3-5-7-9-11-13-17-39-23-27-42(28-24-39)51-52(43-29-25-40(26-30-43)18-14-12-10-8-6-4-2)54(45-33-37-47(58)38-34-45)56-49-22-16-20-41-19-15-21-48(50(41)49)55(56)53(51)44-31-35-46(57)36-32-44/h15-16,19-38H,3-14,17-18H2,1-2H3. The van der Waals surface area contributed by atoms with Gasteiger partial charge in [0.1, 0.15) is 0 Å². The molecule has 0 N–H and O–H groups in total. The summed E-state index contributed by atoms with van der Waals surface area (Å²) in [7, 11) is 0. The summed E-state index contributed by atoms with van der Waals surface area (Å²) in [5.41, 5.74) is 18.4. The number of fused-ring (bicyclic) bond motifs is 3. The molecule has 0 fully saturated rings. The topological polar surface area (TPSA) is 0 Å². The summed E-state index contributed by atoms with van der Waals surface area (Å²) in [6.07, 6.45) is 18.0. The van der Waals surface area contributed by atoms with Gasteiger partial charge in [-0.25, -0.2) is 0 Å². The molecule has 0 spiro atoms. The van der Waals surface area contributed by atoms with Crippen LogP contribution in [0.3, 0.4) is 0 Å². The highest BCUT2D eigenvalue weighted by Gasteiger charge is 2.33. The van der Waals surface area contributed by atoms with E-state index in [-0.39, 0.29) is 0 Å². The van der Waals surface area contributed by atoms with E-state index in [9.17, 15) is 0 Å². The molecule has 0 bridgehead atoms. The zero-order valence-corrected chi connectivity index (χ0v) is 37.5. The molecule has 0 saturated carbocycles. The summed E-state index contributed by atoms with van der Waals surface area (Å²) in [5.74, 6) is 0. The van der Waals surface area contributed by atoms with Crippen molar-refractivity contribution in [1.29, 1.82) is 0 Å². The molecule has 1 aliphatic carbocycles. The highest BCUT2D eigenvalue weighted by molar-refractivity contribution is 9.10. The van der Waals surface area contributed by atoms with Gasteiger partial charge in [-0.05, 0) is 139 Å². The molecule has 0 atom stereocenters. The van der Waals surface area contributed by atoms with E-state index in [0.717, 1.165) is 21.8 Å². The molecule has 0 radical (unpaired) electrons. The largest absolute Gasteiger partial charge is 0.0654 e. The van der Waals surface area contributed by atoms with Gasteiger partial charge in [0.25, 0.3) is 0 Å². The summed E-state index contributed by atoms with van der Waals surface area (Å²) in [6, 6.07) is 51.1. The van der Waals surface area contributed by atoms with Gasteiger partial charge in [0.15, 0.2) is 0 Å². The molecule has 0 saturated heterocycles. The monoisotopic (exact) mass is 886 g/mol. The van der Waals surface area contributed by atoms with Crippen LogP contribution in [0.15, 0.2) is 142 Å². The molecule has 0 amide bonds. The van der Waals surface area contributed by atoms with Gasteiger partial charge in [-0.1, -0.05) is 219 Å². The van der Waals surface area contributed by atoms with Crippen molar-refractivity contribution in [3.63, 3.8) is 0 Å². The Labute approximate surface area is 364 Å². The van der Waals surface area contributed by atoms with E-state index >= 15 is 0 Å². The Hall–Kier alpha value is -4.24. The third-order valence-corrected chi connectivity index (χ3v) is 13.4. The maximum Gasteiger partial charge on any atom is 0.0175 e. The minimum atomic E-state index is 1.09. The Morgan fingerprint density at radius 3 is 1.03 bits per heavy atom. The summed E-state index contributed by atoms with van der Waals surface area (Å²) in [5, 5.41) is 2.64. The van der Waals surface area contributed by atoms with Crippen molar-refractivity contribution in [3.05, 3.63) is 154 Å². The van der Waals surface area contributed by atoms with E-state index in [0.29, 0.717) is 0 Å². The van der Waals surface area contributed by atoms with Crippen LogP contribution in [0.1, 0.15) is 102 Å². The van der Waals surface area contributed by atoms with Gasteiger partial charge >= 0.3 is 0 Å². The number of benzene rings is 7. The summed E-state index contributed by atoms with van der Waals surface area (Å²) < 4.78 is 2.18. The fourth-order valence-corrected chi connectivity index (χ4v) is 9.86. The van der Waals surface area contributed by atoms with Crippen LogP contribution >= 0.6 is 31.9 Å². The first-order valence-electron chi connectivity index (χ1n) is 22.0.